The summed E-state index contributed by atoms with van der Waals surface area (Å²) in [5.74, 6) is 0.605. The third-order valence-electron chi connectivity index (χ3n) is 6.11. The Morgan fingerprint density at radius 2 is 1.50 bits per heavy atom. The summed E-state index contributed by atoms with van der Waals surface area (Å²) < 4.78 is 0. The normalized spacial score (nSPS) is 12.9. The van der Waals surface area contributed by atoms with Gasteiger partial charge in [-0.15, -0.1) is 24.8 Å². The largest absolute Gasteiger partial charge is 0.316 e. The van der Waals surface area contributed by atoms with E-state index in [1.54, 1.807) is 0 Å². The summed E-state index contributed by atoms with van der Waals surface area (Å²) in [6.45, 7) is 11.5. The van der Waals surface area contributed by atoms with E-state index < -0.39 is 0 Å². The molecule has 2 aromatic carbocycles. The minimum Gasteiger partial charge on any atom is -0.316 e. The summed E-state index contributed by atoms with van der Waals surface area (Å²) in [6.07, 6.45) is 4.77. The quantitative estimate of drug-likeness (QED) is 0.354. The first-order chi connectivity index (χ1) is 13.6. The average molecular weight is 454 g/mol. The standard InChI is InChI=1S/C26H40N2.2ClH/c1-5-19-27-22-26(23(2)3,25-15-10-7-11-16-25)18-12-20-28(4)21-17-24-13-8-6-9-14-24;;/h6-11,13-16,23,27H,5,12,17-22H2,1-4H3;2*1H. The molecule has 4 heteroatoms. The van der Waals surface area contributed by atoms with Crippen molar-refractivity contribution < 1.29 is 0 Å². The van der Waals surface area contributed by atoms with Crippen LogP contribution in [-0.2, 0) is 11.8 Å². The molecule has 2 nitrogen and oxygen atoms in total. The summed E-state index contributed by atoms with van der Waals surface area (Å²) in [6, 6.07) is 22.0. The predicted molar refractivity (Wildman–Crippen MR) is 137 cm³/mol. The van der Waals surface area contributed by atoms with E-state index in [1.165, 1.54) is 30.4 Å². The van der Waals surface area contributed by atoms with E-state index in [9.17, 15) is 0 Å². The third kappa shape index (κ3) is 8.98. The van der Waals surface area contributed by atoms with E-state index in [1.807, 2.05) is 0 Å². The minimum absolute atomic E-state index is 0. The molecule has 2 rings (SSSR count). The van der Waals surface area contributed by atoms with Gasteiger partial charge >= 0.3 is 0 Å². The number of hydrogen-bond acceptors (Lipinski definition) is 2. The molecule has 1 N–H and O–H groups in total. The zero-order valence-corrected chi connectivity index (χ0v) is 20.9. The Morgan fingerprint density at radius 1 is 0.900 bits per heavy atom. The smallest absolute Gasteiger partial charge is 0.0101 e. The van der Waals surface area contributed by atoms with Crippen LogP contribution in [0.3, 0.4) is 0 Å². The lowest BCUT2D eigenvalue weighted by Crippen LogP contribution is -2.43. The van der Waals surface area contributed by atoms with Crippen molar-refractivity contribution in [2.45, 2.75) is 51.9 Å². The van der Waals surface area contributed by atoms with Gasteiger partial charge in [0.2, 0.25) is 0 Å². The maximum atomic E-state index is 3.73. The van der Waals surface area contributed by atoms with Crippen molar-refractivity contribution in [3.05, 3.63) is 71.8 Å². The van der Waals surface area contributed by atoms with Gasteiger partial charge in [-0.05, 0) is 62.9 Å². The van der Waals surface area contributed by atoms with E-state index in [2.05, 4.69) is 98.7 Å². The second-order valence-corrected chi connectivity index (χ2v) is 8.50. The molecule has 1 unspecified atom stereocenters. The number of nitrogens with one attached hydrogen (secondary N) is 1. The molecule has 2 aromatic rings. The number of rotatable bonds is 13. The first-order valence-corrected chi connectivity index (χ1v) is 11.1. The topological polar surface area (TPSA) is 15.3 Å². The van der Waals surface area contributed by atoms with Gasteiger partial charge in [0.15, 0.2) is 0 Å². The van der Waals surface area contributed by atoms with Gasteiger partial charge in [-0.25, -0.2) is 0 Å². The number of halogens is 2. The second kappa shape index (κ2) is 15.7. The highest BCUT2D eigenvalue weighted by molar-refractivity contribution is 5.85. The molecular weight excluding hydrogens is 411 g/mol. The average Bonchev–Trinajstić information content (AvgIpc) is 2.72. The molecule has 0 spiro atoms. The molecule has 0 heterocycles. The maximum Gasteiger partial charge on any atom is 0.0101 e. The van der Waals surface area contributed by atoms with Gasteiger partial charge in [0.25, 0.3) is 0 Å². The first kappa shape index (κ1) is 28.9. The van der Waals surface area contributed by atoms with Crippen molar-refractivity contribution in [1.82, 2.24) is 10.2 Å². The van der Waals surface area contributed by atoms with Crippen LogP contribution in [0.4, 0.5) is 0 Å². The fraction of sp³-hybridized carbons (Fsp3) is 0.538. The van der Waals surface area contributed by atoms with Gasteiger partial charge in [0.1, 0.15) is 0 Å². The highest BCUT2D eigenvalue weighted by Crippen LogP contribution is 2.36. The molecule has 0 fully saturated rings. The van der Waals surface area contributed by atoms with Crippen LogP contribution in [0.5, 0.6) is 0 Å². The fourth-order valence-corrected chi connectivity index (χ4v) is 4.16. The fourth-order valence-electron chi connectivity index (χ4n) is 4.16. The molecule has 0 aromatic heterocycles. The van der Waals surface area contributed by atoms with Gasteiger partial charge in [-0.3, -0.25) is 0 Å². The van der Waals surface area contributed by atoms with Crippen LogP contribution in [0, 0.1) is 5.92 Å². The molecule has 0 aliphatic heterocycles. The molecule has 170 valence electrons. The molecule has 0 saturated carbocycles. The van der Waals surface area contributed by atoms with Crippen molar-refractivity contribution in [3.63, 3.8) is 0 Å². The monoisotopic (exact) mass is 452 g/mol. The molecule has 1 atom stereocenters. The van der Waals surface area contributed by atoms with E-state index in [0.717, 1.165) is 32.6 Å². The molecule has 0 aliphatic rings. The van der Waals surface area contributed by atoms with E-state index in [4.69, 9.17) is 0 Å². The lowest BCUT2D eigenvalue weighted by molar-refractivity contribution is 0.242. The van der Waals surface area contributed by atoms with Gasteiger partial charge in [-0.2, -0.15) is 0 Å². The molecule has 30 heavy (non-hydrogen) atoms. The van der Waals surface area contributed by atoms with Crippen molar-refractivity contribution >= 4 is 24.8 Å². The van der Waals surface area contributed by atoms with Gasteiger partial charge in [-0.1, -0.05) is 81.4 Å². The van der Waals surface area contributed by atoms with Gasteiger partial charge in [0, 0.05) is 18.5 Å². The Hall–Kier alpha value is -1.06. The van der Waals surface area contributed by atoms with Crippen molar-refractivity contribution in [3.8, 4) is 0 Å². The Morgan fingerprint density at radius 3 is 2.07 bits per heavy atom. The Balaban J connectivity index is 0.00000420. The molecule has 0 aliphatic carbocycles. The number of benzene rings is 2. The zero-order valence-electron chi connectivity index (χ0n) is 19.3. The van der Waals surface area contributed by atoms with E-state index in [-0.39, 0.29) is 30.2 Å². The van der Waals surface area contributed by atoms with Crippen LogP contribution in [0.15, 0.2) is 60.7 Å². The lowest BCUT2D eigenvalue weighted by Gasteiger charge is -2.39. The Bertz CT molecular complexity index is 649. The van der Waals surface area contributed by atoms with Crippen LogP contribution >= 0.6 is 24.8 Å². The van der Waals surface area contributed by atoms with Crippen LogP contribution in [0.25, 0.3) is 0 Å². The van der Waals surface area contributed by atoms with Gasteiger partial charge < -0.3 is 10.2 Å². The minimum atomic E-state index is 0. The van der Waals surface area contributed by atoms with Gasteiger partial charge in [0.05, 0.1) is 0 Å². The van der Waals surface area contributed by atoms with Crippen molar-refractivity contribution in [1.29, 1.82) is 0 Å². The van der Waals surface area contributed by atoms with Crippen LogP contribution < -0.4 is 5.32 Å². The molecule has 0 bridgehead atoms. The summed E-state index contributed by atoms with van der Waals surface area (Å²) >= 11 is 0. The van der Waals surface area contributed by atoms with Crippen LogP contribution in [0.2, 0.25) is 0 Å². The Kier molecular flexibility index (Phi) is 15.1. The summed E-state index contributed by atoms with van der Waals surface area (Å²) in [4.78, 5) is 2.49. The molecule has 0 radical (unpaired) electrons. The second-order valence-electron chi connectivity index (χ2n) is 8.50. The predicted octanol–water partition coefficient (Wildman–Crippen LogP) is 6.38. The molecule has 0 amide bonds. The number of hydrogen-bond donors (Lipinski definition) is 1. The van der Waals surface area contributed by atoms with Crippen LogP contribution in [-0.4, -0.2) is 38.1 Å². The SMILES string of the molecule is CCCNCC(CCCN(C)CCc1ccccc1)(c1ccccc1)C(C)C.Cl.Cl. The van der Waals surface area contributed by atoms with Crippen molar-refractivity contribution in [2.24, 2.45) is 5.92 Å². The first-order valence-electron chi connectivity index (χ1n) is 11.1. The molecule has 0 saturated heterocycles. The van der Waals surface area contributed by atoms with Crippen LogP contribution in [0.1, 0.15) is 51.2 Å². The molecular formula is C26H42Cl2N2. The van der Waals surface area contributed by atoms with Crippen molar-refractivity contribution in [2.75, 3.05) is 33.2 Å². The Labute approximate surface area is 197 Å². The summed E-state index contributed by atoms with van der Waals surface area (Å²) in [5.41, 5.74) is 3.12. The zero-order chi connectivity index (χ0) is 20.2. The third-order valence-corrected chi connectivity index (χ3v) is 6.11. The number of likely N-dealkylation sites (N-methyl/N-ethyl adjacent to an activating group) is 1. The highest BCUT2D eigenvalue weighted by Gasteiger charge is 2.34. The maximum absolute atomic E-state index is 3.73. The van der Waals surface area contributed by atoms with E-state index in [0.29, 0.717) is 5.92 Å². The van der Waals surface area contributed by atoms with E-state index >= 15 is 0 Å². The summed E-state index contributed by atoms with van der Waals surface area (Å²) in [7, 11) is 2.26. The highest BCUT2D eigenvalue weighted by atomic mass is 35.5. The number of nitrogens with zero attached hydrogens (tertiary/aromatic N) is 1. The lowest BCUT2D eigenvalue weighted by atomic mass is 9.68. The summed E-state index contributed by atoms with van der Waals surface area (Å²) in [5, 5.41) is 3.73.